The molecule has 0 saturated carbocycles. The molecule has 0 aromatic heterocycles. The van der Waals surface area contributed by atoms with Crippen LogP contribution >= 0.6 is 0 Å². The van der Waals surface area contributed by atoms with Gasteiger partial charge in [0.15, 0.2) is 5.04 Å². The quantitative estimate of drug-likeness (QED) is 0.211. The van der Waals surface area contributed by atoms with Crippen LogP contribution in [0.4, 0.5) is 0 Å². The van der Waals surface area contributed by atoms with Crippen molar-refractivity contribution >= 4 is 26.6 Å². The van der Waals surface area contributed by atoms with E-state index in [-0.39, 0.29) is 16.4 Å². The largest absolute Gasteiger partial charge is 0.314 e. The molecule has 0 heterocycles. The number of carbonyl (C=O) groups excluding carboxylic acids is 2. The molecule has 31 heavy (non-hydrogen) atoms. The predicted molar refractivity (Wildman–Crippen MR) is 123 cm³/mol. The molecule has 2 rings (SSSR count). The van der Waals surface area contributed by atoms with Crippen LogP contribution in [0.3, 0.4) is 0 Å². The highest BCUT2D eigenvalue weighted by molar-refractivity contribution is 8.06. The highest BCUT2D eigenvalue weighted by atomic mass is 32.2. The summed E-state index contributed by atoms with van der Waals surface area (Å²) in [4.78, 5) is 26.1. The van der Waals surface area contributed by atoms with Crippen molar-refractivity contribution in [1.29, 1.82) is 0 Å². The van der Waals surface area contributed by atoms with Crippen LogP contribution in [0.1, 0.15) is 59.8 Å². The third kappa shape index (κ3) is 5.28. The number of nitrogens with zero attached hydrogens (tertiary/aromatic N) is 2. The third-order valence-electron chi connectivity index (χ3n) is 5.13. The number of ketones is 1. The molecule has 6 nitrogen and oxygen atoms in total. The van der Waals surface area contributed by atoms with Crippen molar-refractivity contribution in [2.45, 2.75) is 58.8 Å². The van der Waals surface area contributed by atoms with Gasteiger partial charge in [-0.1, -0.05) is 56.2 Å². The average molecular weight is 443 g/mol. The van der Waals surface area contributed by atoms with Crippen LogP contribution in [-0.4, -0.2) is 37.2 Å². The Hall–Kier alpha value is -2.80. The lowest BCUT2D eigenvalue weighted by Gasteiger charge is -2.17. The molecule has 0 atom stereocenters. The fourth-order valence-electron chi connectivity index (χ4n) is 3.43. The molecule has 0 fully saturated rings. The second kappa shape index (κ2) is 10.0. The molecule has 1 amide bonds. The minimum atomic E-state index is -3.87. The van der Waals surface area contributed by atoms with E-state index in [9.17, 15) is 18.0 Å². The van der Waals surface area contributed by atoms with E-state index in [0.29, 0.717) is 18.4 Å². The van der Waals surface area contributed by atoms with Gasteiger partial charge in [0.2, 0.25) is 9.84 Å². The van der Waals surface area contributed by atoms with Gasteiger partial charge in [0, 0.05) is 19.0 Å². The molecule has 0 unspecified atom stereocenters. The van der Waals surface area contributed by atoms with Gasteiger partial charge in [0.25, 0.3) is 5.78 Å². The van der Waals surface area contributed by atoms with Gasteiger partial charge in [-0.3, -0.25) is 9.59 Å². The van der Waals surface area contributed by atoms with Crippen LogP contribution in [0.2, 0.25) is 0 Å². The van der Waals surface area contributed by atoms with E-state index in [1.165, 1.54) is 19.2 Å². The zero-order valence-corrected chi connectivity index (χ0v) is 19.8. The first kappa shape index (κ1) is 24.5. The maximum atomic E-state index is 13.1. The van der Waals surface area contributed by atoms with E-state index in [0.717, 1.165) is 27.3 Å². The summed E-state index contributed by atoms with van der Waals surface area (Å²) in [6.45, 7) is 9.33. The number of rotatable bonds is 7. The van der Waals surface area contributed by atoms with Gasteiger partial charge >= 0.3 is 5.91 Å². The number of hydrazone groups is 1. The van der Waals surface area contributed by atoms with Crippen molar-refractivity contribution in [3.8, 4) is 0 Å². The molecule has 0 spiro atoms. The Kier molecular flexibility index (Phi) is 7.90. The highest BCUT2D eigenvalue weighted by Crippen LogP contribution is 2.21. The number of amides is 1. The first-order chi connectivity index (χ1) is 14.6. The second-order valence-electron chi connectivity index (χ2n) is 7.49. The standard InChI is InChI=1S/C24H30N2O4S/c1-7-18-14-17(5)15-19(8-2)22(18)23(27)24(28)26(6)25-21(9-3)31(29,30)20-12-10-16(4)11-13-20/h10-15H,7-9H2,1-6H3. The van der Waals surface area contributed by atoms with E-state index in [4.69, 9.17) is 0 Å². The molecule has 0 aliphatic carbocycles. The first-order valence-electron chi connectivity index (χ1n) is 10.4. The summed E-state index contributed by atoms with van der Waals surface area (Å²) in [6, 6.07) is 10.2. The number of Topliss-reactive ketones (excluding diaryl/α,β-unsaturated/α-hetero) is 1. The van der Waals surface area contributed by atoms with Gasteiger partial charge in [-0.2, -0.15) is 5.10 Å². The van der Waals surface area contributed by atoms with Gasteiger partial charge in [-0.15, -0.1) is 0 Å². The molecule has 2 aromatic rings. The average Bonchev–Trinajstić information content (AvgIpc) is 2.75. The van der Waals surface area contributed by atoms with E-state index in [1.54, 1.807) is 19.1 Å². The fourth-order valence-corrected chi connectivity index (χ4v) is 4.80. The Morgan fingerprint density at radius 1 is 0.903 bits per heavy atom. The van der Waals surface area contributed by atoms with Crippen LogP contribution < -0.4 is 0 Å². The van der Waals surface area contributed by atoms with E-state index in [1.807, 2.05) is 39.8 Å². The highest BCUT2D eigenvalue weighted by Gasteiger charge is 2.28. The Balaban J connectivity index is 2.43. The number of hydrogen-bond donors (Lipinski definition) is 0. The number of hydrogen-bond acceptors (Lipinski definition) is 5. The van der Waals surface area contributed by atoms with Gasteiger partial charge in [-0.05, 0) is 49.9 Å². The van der Waals surface area contributed by atoms with Crippen molar-refractivity contribution < 1.29 is 18.0 Å². The zero-order chi connectivity index (χ0) is 23.3. The molecule has 7 heteroatoms. The summed E-state index contributed by atoms with van der Waals surface area (Å²) in [6.07, 6.45) is 1.31. The monoisotopic (exact) mass is 442 g/mol. The molecule has 0 aliphatic rings. The Morgan fingerprint density at radius 2 is 1.42 bits per heavy atom. The van der Waals surface area contributed by atoms with Gasteiger partial charge < -0.3 is 0 Å². The minimum absolute atomic E-state index is 0.0902. The van der Waals surface area contributed by atoms with E-state index >= 15 is 0 Å². The van der Waals surface area contributed by atoms with Crippen molar-refractivity contribution in [3.63, 3.8) is 0 Å². The van der Waals surface area contributed by atoms with Gasteiger partial charge in [0.1, 0.15) is 0 Å². The number of sulfone groups is 1. The minimum Gasteiger partial charge on any atom is -0.283 e. The number of benzene rings is 2. The molecule has 2 aromatic carbocycles. The number of likely N-dealkylation sites (N-methyl/N-ethyl adjacent to an activating group) is 1. The topological polar surface area (TPSA) is 83.9 Å². The lowest BCUT2D eigenvalue weighted by atomic mass is 9.92. The lowest BCUT2D eigenvalue weighted by molar-refractivity contribution is -0.125. The van der Waals surface area contributed by atoms with Crippen molar-refractivity contribution in [3.05, 3.63) is 64.2 Å². The maximum Gasteiger partial charge on any atom is 0.314 e. The van der Waals surface area contributed by atoms with E-state index in [2.05, 4.69) is 5.10 Å². The van der Waals surface area contributed by atoms with Crippen molar-refractivity contribution in [1.82, 2.24) is 5.01 Å². The van der Waals surface area contributed by atoms with Crippen LogP contribution in [0, 0.1) is 13.8 Å². The summed E-state index contributed by atoms with van der Waals surface area (Å²) in [5.74, 6) is -1.54. The number of carbonyl (C=O) groups is 2. The maximum absolute atomic E-state index is 13.1. The molecule has 0 saturated heterocycles. The summed E-state index contributed by atoms with van der Waals surface area (Å²) < 4.78 is 25.9. The molecule has 0 aliphatic heterocycles. The Bertz CT molecular complexity index is 1090. The lowest BCUT2D eigenvalue weighted by Crippen LogP contribution is -2.32. The fraction of sp³-hybridized carbons (Fsp3) is 0.375. The molecule has 0 radical (unpaired) electrons. The summed E-state index contributed by atoms with van der Waals surface area (Å²) in [7, 11) is -2.56. The molecule has 166 valence electrons. The summed E-state index contributed by atoms with van der Waals surface area (Å²) >= 11 is 0. The summed E-state index contributed by atoms with van der Waals surface area (Å²) in [5, 5.41) is 4.70. The predicted octanol–water partition coefficient (Wildman–Crippen LogP) is 4.27. The molecular weight excluding hydrogens is 412 g/mol. The van der Waals surface area contributed by atoms with Gasteiger partial charge in [-0.25, -0.2) is 13.4 Å². The SMILES string of the molecule is CCC(=NN(C)C(=O)C(=O)c1c(CC)cc(C)cc1CC)S(=O)(=O)c1ccc(C)cc1. The van der Waals surface area contributed by atoms with Crippen LogP contribution in [0.15, 0.2) is 46.4 Å². The van der Waals surface area contributed by atoms with Gasteiger partial charge in [0.05, 0.1) is 4.90 Å². The van der Waals surface area contributed by atoms with Crippen LogP contribution in [-0.2, 0) is 27.5 Å². The number of aryl methyl sites for hydroxylation is 4. The van der Waals surface area contributed by atoms with Crippen molar-refractivity contribution in [2.24, 2.45) is 5.10 Å². The summed E-state index contributed by atoms with van der Waals surface area (Å²) in [5.41, 5.74) is 3.96. The molecule has 0 bridgehead atoms. The smallest absolute Gasteiger partial charge is 0.283 e. The third-order valence-corrected chi connectivity index (χ3v) is 7.01. The second-order valence-corrected chi connectivity index (χ2v) is 9.44. The van der Waals surface area contributed by atoms with Crippen LogP contribution in [0.5, 0.6) is 0 Å². The Labute approximate surface area is 184 Å². The first-order valence-corrected chi connectivity index (χ1v) is 11.9. The molecule has 0 N–H and O–H groups in total. The van der Waals surface area contributed by atoms with E-state index < -0.39 is 21.5 Å². The Morgan fingerprint density at radius 3 is 1.87 bits per heavy atom. The van der Waals surface area contributed by atoms with Crippen LogP contribution in [0.25, 0.3) is 0 Å². The van der Waals surface area contributed by atoms with Crippen molar-refractivity contribution in [2.75, 3.05) is 7.05 Å². The normalized spacial score (nSPS) is 12.0. The molecular formula is C24H30N2O4S. The zero-order valence-electron chi connectivity index (χ0n) is 19.0.